The number of carboxylic acids is 1. The fourth-order valence-corrected chi connectivity index (χ4v) is 4.10. The van der Waals surface area contributed by atoms with Crippen LogP contribution in [0.1, 0.15) is 94.2 Å². The lowest BCUT2D eigenvalue weighted by molar-refractivity contribution is -0.147. The van der Waals surface area contributed by atoms with Crippen LogP contribution in [0, 0.1) is 5.92 Å². The molecule has 1 aromatic rings. The smallest absolute Gasteiger partial charge is 0.410 e. The molecule has 1 amide bonds. The van der Waals surface area contributed by atoms with Crippen LogP contribution in [0.2, 0.25) is 0 Å². The van der Waals surface area contributed by atoms with Crippen molar-refractivity contribution in [3.05, 3.63) is 15.6 Å². The van der Waals surface area contributed by atoms with Gasteiger partial charge in [-0.15, -0.1) is 11.3 Å². The first-order valence-corrected chi connectivity index (χ1v) is 10.8. The molecule has 0 aliphatic rings. The number of rotatable bonds is 8. The number of hydrogen-bond donors (Lipinski definition) is 1. The summed E-state index contributed by atoms with van der Waals surface area (Å²) in [5.74, 6) is -1.62. The summed E-state index contributed by atoms with van der Waals surface area (Å²) in [6.07, 6.45) is -0.969. The van der Waals surface area contributed by atoms with E-state index >= 15 is 0 Å². The molecule has 170 valence electrons. The van der Waals surface area contributed by atoms with Crippen LogP contribution < -0.4 is 0 Å². The molecule has 0 radical (unpaired) electrons. The minimum Gasteiger partial charge on any atom is -0.476 e. The first-order chi connectivity index (χ1) is 13.6. The zero-order valence-electron chi connectivity index (χ0n) is 19.3. The number of hydrogen-bond acceptors (Lipinski definition) is 7. The maximum absolute atomic E-state index is 12.6. The molecule has 0 saturated carbocycles. The average molecular weight is 443 g/mol. The van der Waals surface area contributed by atoms with Gasteiger partial charge in [-0.1, -0.05) is 27.7 Å². The van der Waals surface area contributed by atoms with Gasteiger partial charge in [0.15, 0.2) is 11.8 Å². The van der Waals surface area contributed by atoms with E-state index in [0.29, 0.717) is 9.88 Å². The van der Waals surface area contributed by atoms with E-state index in [2.05, 4.69) is 4.98 Å². The third kappa shape index (κ3) is 7.27. The Morgan fingerprint density at radius 3 is 2.10 bits per heavy atom. The molecule has 0 aromatic carbocycles. The number of amides is 1. The van der Waals surface area contributed by atoms with E-state index in [1.807, 2.05) is 27.7 Å². The molecule has 1 N–H and O–H groups in total. The second-order valence-corrected chi connectivity index (χ2v) is 10.0. The summed E-state index contributed by atoms with van der Waals surface area (Å²) in [5, 5.41) is 9.91. The van der Waals surface area contributed by atoms with Crippen molar-refractivity contribution in [1.82, 2.24) is 9.88 Å². The third-order valence-electron chi connectivity index (χ3n) is 4.38. The largest absolute Gasteiger partial charge is 0.476 e. The van der Waals surface area contributed by atoms with Crippen LogP contribution in [-0.2, 0) is 14.3 Å². The number of ether oxygens (including phenoxy) is 2. The molecule has 9 heteroatoms. The first-order valence-electron chi connectivity index (χ1n) is 10.0. The van der Waals surface area contributed by atoms with Gasteiger partial charge in [0, 0.05) is 31.3 Å². The maximum Gasteiger partial charge on any atom is 0.410 e. The van der Waals surface area contributed by atoms with Crippen molar-refractivity contribution in [2.24, 2.45) is 5.92 Å². The van der Waals surface area contributed by atoms with Crippen LogP contribution in [0.25, 0.3) is 0 Å². The van der Waals surface area contributed by atoms with Gasteiger partial charge in [-0.25, -0.2) is 14.6 Å². The van der Waals surface area contributed by atoms with Gasteiger partial charge >= 0.3 is 18.0 Å². The van der Waals surface area contributed by atoms with Crippen molar-refractivity contribution in [3.63, 3.8) is 0 Å². The van der Waals surface area contributed by atoms with Gasteiger partial charge in [0.2, 0.25) is 0 Å². The minimum atomic E-state index is -1.12. The van der Waals surface area contributed by atoms with Gasteiger partial charge in [-0.2, -0.15) is 0 Å². The Morgan fingerprint density at radius 1 is 1.17 bits per heavy atom. The summed E-state index contributed by atoms with van der Waals surface area (Å²) >= 11 is 1.23. The number of aromatic nitrogens is 1. The highest BCUT2D eigenvalue weighted by atomic mass is 32.1. The predicted octanol–water partition coefficient (Wildman–Crippen LogP) is 4.85. The van der Waals surface area contributed by atoms with Crippen LogP contribution >= 0.6 is 11.3 Å². The van der Waals surface area contributed by atoms with Crippen LogP contribution in [0.4, 0.5) is 4.79 Å². The summed E-state index contributed by atoms with van der Waals surface area (Å²) in [7, 11) is 1.65. The molecule has 0 aliphatic heterocycles. The van der Waals surface area contributed by atoms with E-state index in [1.165, 1.54) is 23.2 Å². The quantitative estimate of drug-likeness (QED) is 0.574. The number of carboxylic acid groups (broad SMARTS) is 1. The van der Waals surface area contributed by atoms with E-state index in [9.17, 15) is 19.5 Å². The van der Waals surface area contributed by atoms with Crippen molar-refractivity contribution in [2.45, 2.75) is 85.5 Å². The van der Waals surface area contributed by atoms with Crippen molar-refractivity contribution >= 4 is 29.4 Å². The van der Waals surface area contributed by atoms with E-state index in [-0.39, 0.29) is 30.0 Å². The Morgan fingerprint density at radius 2 is 1.73 bits per heavy atom. The molecular formula is C21H34N2O6S. The number of esters is 1. The lowest BCUT2D eigenvalue weighted by Crippen LogP contribution is -2.44. The second kappa shape index (κ2) is 10.2. The molecular weight excluding hydrogens is 408 g/mol. The summed E-state index contributed by atoms with van der Waals surface area (Å²) < 4.78 is 11.0. The van der Waals surface area contributed by atoms with Crippen molar-refractivity contribution in [1.29, 1.82) is 0 Å². The van der Waals surface area contributed by atoms with Gasteiger partial charge in [0.05, 0.1) is 0 Å². The normalized spacial score (nSPS) is 13.8. The zero-order valence-corrected chi connectivity index (χ0v) is 20.1. The Hall–Kier alpha value is -2.16. The van der Waals surface area contributed by atoms with Crippen molar-refractivity contribution < 1.29 is 29.0 Å². The van der Waals surface area contributed by atoms with E-state index in [4.69, 9.17) is 9.47 Å². The molecule has 0 saturated heterocycles. The molecule has 1 rings (SSSR count). The molecule has 0 spiro atoms. The van der Waals surface area contributed by atoms with E-state index in [0.717, 1.165) is 0 Å². The monoisotopic (exact) mass is 442 g/mol. The molecule has 2 unspecified atom stereocenters. The minimum absolute atomic E-state index is 0.0243. The Labute approximate surface area is 182 Å². The molecule has 1 heterocycles. The first kappa shape index (κ1) is 25.9. The molecule has 2 atom stereocenters. The lowest BCUT2D eigenvalue weighted by atomic mass is 9.96. The van der Waals surface area contributed by atoms with Crippen LogP contribution in [-0.4, -0.2) is 51.7 Å². The summed E-state index contributed by atoms with van der Waals surface area (Å²) in [6.45, 7) is 14.4. The fourth-order valence-electron chi connectivity index (χ4n) is 3.00. The number of nitrogens with zero attached hydrogens (tertiary/aromatic N) is 2. The molecule has 1 aromatic heterocycles. The van der Waals surface area contributed by atoms with Crippen LogP contribution in [0.3, 0.4) is 0 Å². The Bertz CT molecular complexity index is 766. The Kier molecular flexibility index (Phi) is 8.83. The zero-order chi connectivity index (χ0) is 23.4. The lowest BCUT2D eigenvalue weighted by Gasteiger charge is -2.34. The average Bonchev–Trinajstić information content (AvgIpc) is 3.01. The predicted molar refractivity (Wildman–Crippen MR) is 115 cm³/mol. The number of thiazole rings is 1. The van der Waals surface area contributed by atoms with Crippen LogP contribution in [0.5, 0.6) is 0 Å². The van der Waals surface area contributed by atoms with E-state index in [1.54, 1.807) is 27.8 Å². The topological polar surface area (TPSA) is 106 Å². The number of carbonyl (C=O) groups excluding carboxylic acids is 2. The van der Waals surface area contributed by atoms with Gasteiger partial charge in [-0.3, -0.25) is 4.79 Å². The highest BCUT2D eigenvalue weighted by molar-refractivity contribution is 7.12. The molecule has 0 aliphatic carbocycles. The fraction of sp³-hybridized carbons (Fsp3) is 0.714. The van der Waals surface area contributed by atoms with Crippen LogP contribution in [0.15, 0.2) is 0 Å². The molecule has 8 nitrogen and oxygen atoms in total. The number of carbonyl (C=O) groups is 3. The molecule has 0 bridgehead atoms. The highest BCUT2D eigenvalue weighted by Gasteiger charge is 2.33. The standard InChI is InChI=1S/C21H34N2O6S/c1-11(2)14(23(9)20(27)29-21(6,7)8)10-15(28-13(5)24)18-22-16(19(25)26)17(30-18)12(3)4/h11-12,14-15H,10H2,1-9H3,(H,25,26). The second-order valence-electron chi connectivity index (χ2n) is 8.96. The van der Waals surface area contributed by atoms with Gasteiger partial charge in [0.1, 0.15) is 10.6 Å². The SMILES string of the molecule is CC(=O)OC(CC(C(C)C)N(C)C(=O)OC(C)(C)C)c1nc(C(=O)O)c(C(C)C)s1. The van der Waals surface area contributed by atoms with E-state index < -0.39 is 29.7 Å². The van der Waals surface area contributed by atoms with Gasteiger partial charge in [-0.05, 0) is 32.6 Å². The van der Waals surface area contributed by atoms with Gasteiger partial charge in [0.25, 0.3) is 0 Å². The summed E-state index contributed by atoms with van der Waals surface area (Å²) in [4.78, 5) is 42.4. The molecule has 0 fully saturated rings. The molecule has 30 heavy (non-hydrogen) atoms. The van der Waals surface area contributed by atoms with Crippen molar-refractivity contribution in [2.75, 3.05) is 7.05 Å². The van der Waals surface area contributed by atoms with Gasteiger partial charge < -0.3 is 19.5 Å². The third-order valence-corrected chi connectivity index (χ3v) is 5.83. The summed E-state index contributed by atoms with van der Waals surface area (Å²) in [5.41, 5.74) is -0.663. The number of aromatic carboxylic acids is 1. The highest BCUT2D eigenvalue weighted by Crippen LogP contribution is 2.35. The Balaban J connectivity index is 3.27. The maximum atomic E-state index is 12.6. The summed E-state index contributed by atoms with van der Waals surface area (Å²) in [6, 6.07) is -0.316. The van der Waals surface area contributed by atoms with Crippen molar-refractivity contribution in [3.8, 4) is 0 Å².